The van der Waals surface area contributed by atoms with Gasteiger partial charge in [-0.2, -0.15) is 0 Å². The second-order valence-corrected chi connectivity index (χ2v) is 4.11. The summed E-state index contributed by atoms with van der Waals surface area (Å²) in [4.78, 5) is 11.7. The van der Waals surface area contributed by atoms with E-state index >= 15 is 0 Å². The Morgan fingerprint density at radius 1 is 1.15 bits per heavy atom. The Kier molecular flexibility index (Phi) is 4.39. The Bertz CT molecular complexity index is 618. The van der Waals surface area contributed by atoms with E-state index in [2.05, 4.69) is 5.32 Å². The van der Waals surface area contributed by atoms with Crippen molar-refractivity contribution >= 4 is 17.7 Å². The zero-order chi connectivity index (χ0) is 14.4. The van der Waals surface area contributed by atoms with Crippen LogP contribution in [0.3, 0.4) is 0 Å². The van der Waals surface area contributed by atoms with Gasteiger partial charge in [-0.3, -0.25) is 4.79 Å². The largest absolute Gasteiger partial charge is 0.506 e. The van der Waals surface area contributed by atoms with Crippen molar-refractivity contribution < 1.29 is 14.6 Å². The Balaban J connectivity index is 2.00. The van der Waals surface area contributed by atoms with Gasteiger partial charge in [-0.15, -0.1) is 0 Å². The minimum absolute atomic E-state index is 0.0405. The molecular weight excluding hydrogens is 254 g/mol. The lowest BCUT2D eigenvalue weighted by molar-refractivity contribution is -0.111. The number of hydrogen-bond acceptors (Lipinski definition) is 3. The number of benzene rings is 2. The first-order valence-electron chi connectivity index (χ1n) is 6.10. The van der Waals surface area contributed by atoms with Gasteiger partial charge < -0.3 is 15.2 Å². The van der Waals surface area contributed by atoms with Crippen molar-refractivity contribution in [3.63, 3.8) is 0 Å². The normalized spacial score (nSPS) is 10.4. The van der Waals surface area contributed by atoms with Gasteiger partial charge >= 0.3 is 0 Å². The summed E-state index contributed by atoms with van der Waals surface area (Å²) >= 11 is 0. The van der Waals surface area contributed by atoms with Crippen molar-refractivity contribution in [1.82, 2.24) is 0 Å². The second-order valence-electron chi connectivity index (χ2n) is 4.11. The van der Waals surface area contributed by atoms with Crippen LogP contribution in [-0.2, 0) is 4.79 Å². The molecule has 20 heavy (non-hydrogen) atoms. The Hall–Kier alpha value is -2.75. The smallest absolute Gasteiger partial charge is 0.248 e. The number of rotatable bonds is 4. The number of carbonyl (C=O) groups excluding carboxylic acids is 1. The molecule has 0 bridgehead atoms. The van der Waals surface area contributed by atoms with E-state index < -0.39 is 0 Å². The summed E-state index contributed by atoms with van der Waals surface area (Å²) < 4.78 is 5.06. The number of aromatic hydroxyl groups is 1. The molecule has 0 aromatic heterocycles. The van der Waals surface area contributed by atoms with Crippen LogP contribution >= 0.6 is 0 Å². The number of anilines is 1. The van der Waals surface area contributed by atoms with Gasteiger partial charge in [0.25, 0.3) is 0 Å². The third kappa shape index (κ3) is 3.62. The molecule has 4 nitrogen and oxygen atoms in total. The van der Waals surface area contributed by atoms with Crippen LogP contribution in [0.4, 0.5) is 5.69 Å². The molecule has 1 amide bonds. The molecule has 0 aliphatic carbocycles. The first-order valence-corrected chi connectivity index (χ1v) is 6.10. The lowest BCUT2D eigenvalue weighted by Gasteiger charge is -2.04. The Morgan fingerprint density at radius 3 is 2.50 bits per heavy atom. The molecule has 102 valence electrons. The third-order valence-electron chi connectivity index (χ3n) is 2.70. The summed E-state index contributed by atoms with van der Waals surface area (Å²) in [5, 5.41) is 12.2. The predicted molar refractivity (Wildman–Crippen MR) is 78.8 cm³/mol. The Morgan fingerprint density at radius 2 is 1.85 bits per heavy atom. The molecule has 0 heterocycles. The number of carbonyl (C=O) groups is 1. The summed E-state index contributed by atoms with van der Waals surface area (Å²) in [6.45, 7) is 0. The molecule has 0 spiro atoms. The SMILES string of the molecule is COc1ccc(C=CC(=O)Nc2ccccc2O)cc1. The number of amides is 1. The average molecular weight is 269 g/mol. The van der Waals surface area contributed by atoms with E-state index in [-0.39, 0.29) is 11.7 Å². The van der Waals surface area contributed by atoms with Crippen molar-refractivity contribution in [2.24, 2.45) is 0 Å². The van der Waals surface area contributed by atoms with Gasteiger partial charge in [0.2, 0.25) is 5.91 Å². The molecule has 2 rings (SSSR count). The second kappa shape index (κ2) is 6.43. The summed E-state index contributed by atoms with van der Waals surface area (Å²) in [6.07, 6.45) is 3.10. The molecule has 2 N–H and O–H groups in total. The molecule has 0 aliphatic rings. The number of nitrogens with one attached hydrogen (secondary N) is 1. The van der Waals surface area contributed by atoms with Crippen LogP contribution in [0.5, 0.6) is 11.5 Å². The number of ether oxygens (including phenoxy) is 1. The monoisotopic (exact) mass is 269 g/mol. The van der Waals surface area contributed by atoms with E-state index in [9.17, 15) is 9.90 Å². The van der Waals surface area contributed by atoms with Crippen LogP contribution in [-0.4, -0.2) is 18.1 Å². The standard InChI is InChI=1S/C16H15NO3/c1-20-13-9-6-12(7-10-13)8-11-16(19)17-14-4-2-3-5-15(14)18/h2-11,18H,1H3,(H,17,19). The first-order chi connectivity index (χ1) is 9.69. The zero-order valence-corrected chi connectivity index (χ0v) is 11.0. The zero-order valence-electron chi connectivity index (χ0n) is 11.0. The highest BCUT2D eigenvalue weighted by atomic mass is 16.5. The van der Waals surface area contributed by atoms with Crippen LogP contribution < -0.4 is 10.1 Å². The topological polar surface area (TPSA) is 58.6 Å². The fourth-order valence-electron chi connectivity index (χ4n) is 1.64. The molecule has 0 saturated carbocycles. The molecule has 0 saturated heterocycles. The van der Waals surface area contributed by atoms with Gasteiger partial charge in [0, 0.05) is 6.08 Å². The van der Waals surface area contributed by atoms with Gasteiger partial charge in [0.1, 0.15) is 11.5 Å². The molecule has 0 fully saturated rings. The molecular formula is C16H15NO3. The highest BCUT2D eigenvalue weighted by Crippen LogP contribution is 2.21. The number of phenolic OH excluding ortho intramolecular Hbond substituents is 1. The lowest BCUT2D eigenvalue weighted by Crippen LogP contribution is -2.07. The fourth-order valence-corrected chi connectivity index (χ4v) is 1.64. The molecule has 0 aliphatic heterocycles. The molecule has 4 heteroatoms. The van der Waals surface area contributed by atoms with E-state index in [4.69, 9.17) is 4.74 Å². The highest BCUT2D eigenvalue weighted by Gasteiger charge is 2.02. The van der Waals surface area contributed by atoms with E-state index in [1.54, 1.807) is 31.4 Å². The van der Waals surface area contributed by atoms with Gasteiger partial charge in [-0.25, -0.2) is 0 Å². The third-order valence-corrected chi connectivity index (χ3v) is 2.70. The molecule has 0 radical (unpaired) electrons. The first kappa shape index (κ1) is 13.7. The molecule has 0 atom stereocenters. The van der Waals surface area contributed by atoms with Gasteiger partial charge in [0.15, 0.2) is 0 Å². The van der Waals surface area contributed by atoms with Crippen LogP contribution in [0.2, 0.25) is 0 Å². The van der Waals surface area contributed by atoms with Crippen molar-refractivity contribution in [3.8, 4) is 11.5 Å². The van der Waals surface area contributed by atoms with Crippen LogP contribution in [0.15, 0.2) is 54.6 Å². The maximum atomic E-state index is 11.7. The average Bonchev–Trinajstić information content (AvgIpc) is 2.48. The summed E-state index contributed by atoms with van der Waals surface area (Å²) in [5.41, 5.74) is 1.27. The Labute approximate surface area is 117 Å². The number of hydrogen-bond donors (Lipinski definition) is 2. The van der Waals surface area contributed by atoms with Gasteiger partial charge in [-0.1, -0.05) is 24.3 Å². The van der Waals surface area contributed by atoms with Crippen molar-refractivity contribution in [1.29, 1.82) is 0 Å². The van der Waals surface area contributed by atoms with E-state index in [1.807, 2.05) is 24.3 Å². The minimum Gasteiger partial charge on any atom is -0.506 e. The maximum absolute atomic E-state index is 11.7. The quantitative estimate of drug-likeness (QED) is 0.662. The minimum atomic E-state index is -0.303. The van der Waals surface area contributed by atoms with Crippen LogP contribution in [0.1, 0.15) is 5.56 Å². The van der Waals surface area contributed by atoms with Gasteiger partial charge in [0.05, 0.1) is 12.8 Å². The predicted octanol–water partition coefficient (Wildman–Crippen LogP) is 3.05. The summed E-state index contributed by atoms with van der Waals surface area (Å²) in [5.74, 6) is 0.502. The summed E-state index contributed by atoms with van der Waals surface area (Å²) in [7, 11) is 1.60. The van der Waals surface area contributed by atoms with Crippen LogP contribution in [0.25, 0.3) is 6.08 Å². The van der Waals surface area contributed by atoms with Crippen molar-refractivity contribution in [3.05, 3.63) is 60.2 Å². The molecule has 0 unspecified atom stereocenters. The van der Waals surface area contributed by atoms with Crippen molar-refractivity contribution in [2.75, 3.05) is 12.4 Å². The fraction of sp³-hybridized carbons (Fsp3) is 0.0625. The number of methoxy groups -OCH3 is 1. The van der Waals surface area contributed by atoms with E-state index in [0.29, 0.717) is 5.69 Å². The van der Waals surface area contributed by atoms with Gasteiger partial charge in [-0.05, 0) is 35.9 Å². The van der Waals surface area contributed by atoms with E-state index in [0.717, 1.165) is 11.3 Å². The molecule has 2 aromatic carbocycles. The molecule has 2 aromatic rings. The van der Waals surface area contributed by atoms with Crippen molar-refractivity contribution in [2.45, 2.75) is 0 Å². The highest BCUT2D eigenvalue weighted by molar-refractivity contribution is 6.02. The maximum Gasteiger partial charge on any atom is 0.248 e. The van der Waals surface area contributed by atoms with Crippen LogP contribution in [0, 0.1) is 0 Å². The number of phenols is 1. The summed E-state index contributed by atoms with van der Waals surface area (Å²) in [6, 6.07) is 13.9. The lowest BCUT2D eigenvalue weighted by atomic mass is 10.2. The van der Waals surface area contributed by atoms with E-state index in [1.165, 1.54) is 12.1 Å². The number of para-hydroxylation sites is 2.